The van der Waals surface area contributed by atoms with Gasteiger partial charge in [-0.3, -0.25) is 9.59 Å². The first-order valence-electron chi connectivity index (χ1n) is 20.5. The molecule has 16 heteroatoms. The van der Waals surface area contributed by atoms with E-state index in [4.69, 9.17) is 9.47 Å². The number of fused-ring (bicyclic) bond motifs is 2. The number of carboxylic acid groups (broad SMARTS) is 1. The molecule has 0 aromatic carbocycles. The molecule has 0 aromatic rings. The summed E-state index contributed by atoms with van der Waals surface area (Å²) in [5, 5.41) is 25.2. The first-order valence-corrected chi connectivity index (χ1v) is 21.6. The van der Waals surface area contributed by atoms with Crippen molar-refractivity contribution in [3.05, 3.63) is 12.2 Å². The summed E-state index contributed by atoms with van der Waals surface area (Å²) >= 11 is 1.92. The maximum Gasteiger partial charge on any atom is 0.330 e. The van der Waals surface area contributed by atoms with Crippen LogP contribution in [0.3, 0.4) is 0 Å². The molecule has 7 rings (SSSR count). The molecule has 4 aliphatic heterocycles. The molecule has 3 unspecified atom stereocenters. The number of ether oxygens (including phenoxy) is 2. The first-order chi connectivity index (χ1) is 26.2. The molecule has 3 saturated heterocycles. The van der Waals surface area contributed by atoms with Gasteiger partial charge in [-0.05, 0) is 89.4 Å². The number of hydrogen-bond donors (Lipinski definition) is 7. The molecule has 0 aromatic heterocycles. The van der Waals surface area contributed by atoms with Crippen LogP contribution in [-0.2, 0) is 23.9 Å². The van der Waals surface area contributed by atoms with Crippen molar-refractivity contribution in [2.45, 2.75) is 156 Å². The van der Waals surface area contributed by atoms with Crippen molar-refractivity contribution in [2.75, 3.05) is 33.1 Å². The van der Waals surface area contributed by atoms with Crippen LogP contribution in [0.2, 0.25) is 0 Å². The summed E-state index contributed by atoms with van der Waals surface area (Å²) in [6.45, 7) is 1.20. The maximum atomic E-state index is 14.7. The zero-order valence-corrected chi connectivity index (χ0v) is 32.7. The summed E-state index contributed by atoms with van der Waals surface area (Å²) in [6.07, 6.45) is 16.3. The van der Waals surface area contributed by atoms with E-state index in [0.717, 1.165) is 89.3 Å². The number of nitrogens with one attached hydrogen (secondary N) is 6. The number of carbonyl (C=O) groups excluding carboxylic acids is 3. The van der Waals surface area contributed by atoms with E-state index < -0.39 is 29.5 Å². The van der Waals surface area contributed by atoms with Gasteiger partial charge >= 0.3 is 12.0 Å². The Morgan fingerprint density at radius 1 is 0.926 bits per heavy atom. The number of allylic oxidation sites excluding steroid dienone is 1. The van der Waals surface area contributed by atoms with E-state index in [0.29, 0.717) is 25.2 Å². The number of carbonyl (C=O) groups is 4. The quantitative estimate of drug-likeness (QED) is 0.178. The molecular weight excluding hydrogens is 713 g/mol. The fraction of sp³-hybridized carbons (Fsp3) is 0.842. The van der Waals surface area contributed by atoms with Crippen molar-refractivity contribution in [1.82, 2.24) is 42.1 Å². The van der Waals surface area contributed by atoms with E-state index >= 15 is 0 Å². The monoisotopic (exact) mass is 774 g/mol. The number of methoxy groups -OCH3 is 2. The zero-order chi connectivity index (χ0) is 37.8. The lowest BCUT2D eigenvalue weighted by Crippen LogP contribution is -2.57. The van der Waals surface area contributed by atoms with Crippen molar-refractivity contribution in [3.63, 3.8) is 0 Å². The molecule has 0 spiro atoms. The van der Waals surface area contributed by atoms with Gasteiger partial charge in [0.15, 0.2) is 0 Å². The average Bonchev–Trinajstić information content (AvgIpc) is 3.63. The highest BCUT2D eigenvalue weighted by atomic mass is 32.2. The lowest BCUT2D eigenvalue weighted by Gasteiger charge is -2.35. The fourth-order valence-electron chi connectivity index (χ4n) is 9.84. The minimum atomic E-state index is -1.38. The molecular formula is C38H62N8O7S. The first kappa shape index (κ1) is 39.8. The normalized spacial score (nSPS) is 41.5. The molecule has 302 valence electrons. The number of carboxylic acids is 1. The second-order valence-corrected chi connectivity index (χ2v) is 17.9. The molecule has 7 N–H and O–H groups in total. The lowest BCUT2D eigenvalue weighted by molar-refractivity contribution is -0.145. The Hall–Kier alpha value is -2.47. The summed E-state index contributed by atoms with van der Waals surface area (Å²) in [5.74, 6) is -0.649. The fourth-order valence-corrected chi connectivity index (χ4v) is 11.0. The van der Waals surface area contributed by atoms with Crippen LogP contribution >= 0.6 is 11.8 Å². The van der Waals surface area contributed by atoms with Crippen molar-refractivity contribution < 1.29 is 33.8 Å². The molecule has 4 heterocycles. The number of hydrazine groups is 2. The van der Waals surface area contributed by atoms with Crippen LogP contribution in [0, 0.1) is 11.8 Å². The predicted octanol–water partition coefficient (Wildman–Crippen LogP) is 1.99. The SMILES string of the molecule is COC1CCC(NC(=O)N[C@H]2CCCCC/C=C\[C@@H]3C[C@@]3(C(=O)O)NC(=O)[C@@H]3C[C@@H](N4NC(C5CCC(OC)CC5)C(C5NCCS5)N4)CN3C2=O)CC1. The minimum Gasteiger partial charge on any atom is -0.479 e. The van der Waals surface area contributed by atoms with Crippen molar-refractivity contribution >= 4 is 35.6 Å². The number of rotatable bonds is 8. The molecule has 8 atom stereocenters. The number of aliphatic carboxylic acids is 1. The Morgan fingerprint density at radius 2 is 1.65 bits per heavy atom. The summed E-state index contributed by atoms with van der Waals surface area (Å²) in [4.78, 5) is 56.7. The number of thioether (sulfide) groups is 1. The van der Waals surface area contributed by atoms with Gasteiger partial charge in [0.25, 0.3) is 0 Å². The number of amides is 4. The van der Waals surface area contributed by atoms with Crippen LogP contribution in [0.1, 0.15) is 96.3 Å². The molecule has 0 bridgehead atoms. The van der Waals surface area contributed by atoms with Crippen LogP contribution in [0.15, 0.2) is 12.2 Å². The lowest BCUT2D eigenvalue weighted by atomic mass is 9.80. The molecule has 6 fully saturated rings. The van der Waals surface area contributed by atoms with Gasteiger partial charge in [0.2, 0.25) is 11.8 Å². The van der Waals surface area contributed by atoms with Gasteiger partial charge < -0.3 is 40.7 Å². The summed E-state index contributed by atoms with van der Waals surface area (Å²) in [5.41, 5.74) is 6.20. The highest BCUT2D eigenvalue weighted by Gasteiger charge is 2.61. The zero-order valence-electron chi connectivity index (χ0n) is 31.9. The van der Waals surface area contributed by atoms with Crippen LogP contribution < -0.4 is 32.1 Å². The third-order valence-electron chi connectivity index (χ3n) is 13.2. The van der Waals surface area contributed by atoms with Gasteiger partial charge in [-0.2, -0.15) is 5.12 Å². The second-order valence-electron chi connectivity index (χ2n) is 16.6. The van der Waals surface area contributed by atoms with Gasteiger partial charge in [0.1, 0.15) is 17.6 Å². The van der Waals surface area contributed by atoms with E-state index in [2.05, 4.69) is 32.1 Å². The van der Waals surface area contributed by atoms with Gasteiger partial charge in [-0.25, -0.2) is 20.4 Å². The van der Waals surface area contributed by atoms with E-state index in [-0.39, 0.29) is 66.2 Å². The van der Waals surface area contributed by atoms with E-state index in [1.165, 1.54) is 0 Å². The van der Waals surface area contributed by atoms with Gasteiger partial charge in [0, 0.05) is 51.1 Å². The van der Waals surface area contributed by atoms with Gasteiger partial charge in [-0.1, -0.05) is 25.0 Å². The van der Waals surface area contributed by atoms with Gasteiger partial charge in [0.05, 0.1) is 29.7 Å². The summed E-state index contributed by atoms with van der Waals surface area (Å²) in [7, 11) is 3.51. The van der Waals surface area contributed by atoms with Crippen LogP contribution in [0.4, 0.5) is 4.79 Å². The maximum absolute atomic E-state index is 14.7. The molecule has 4 amide bonds. The van der Waals surface area contributed by atoms with Crippen molar-refractivity contribution in [3.8, 4) is 0 Å². The van der Waals surface area contributed by atoms with Crippen molar-refractivity contribution in [2.24, 2.45) is 11.8 Å². The minimum absolute atomic E-state index is 0.000729. The predicted molar refractivity (Wildman–Crippen MR) is 204 cm³/mol. The van der Waals surface area contributed by atoms with Crippen LogP contribution in [0.5, 0.6) is 0 Å². The second kappa shape index (κ2) is 17.8. The number of hydrogen-bond acceptors (Lipinski definition) is 11. The summed E-state index contributed by atoms with van der Waals surface area (Å²) in [6, 6.07) is -2.11. The van der Waals surface area contributed by atoms with Crippen LogP contribution in [-0.4, -0.2) is 131 Å². The number of urea groups is 1. The average molecular weight is 775 g/mol. The topological polar surface area (TPSA) is 186 Å². The third-order valence-corrected chi connectivity index (χ3v) is 14.5. The molecule has 3 aliphatic carbocycles. The van der Waals surface area contributed by atoms with E-state index in [1.54, 1.807) is 19.1 Å². The Balaban J connectivity index is 1.11. The van der Waals surface area contributed by atoms with Gasteiger partial charge in [-0.15, -0.1) is 11.8 Å². The largest absolute Gasteiger partial charge is 0.479 e. The molecule has 3 saturated carbocycles. The van der Waals surface area contributed by atoms with E-state index in [1.807, 2.05) is 29.0 Å². The number of nitrogens with zero attached hydrogens (tertiary/aromatic N) is 2. The Kier molecular flexibility index (Phi) is 13.1. The molecule has 0 radical (unpaired) electrons. The Bertz CT molecular complexity index is 1370. The highest BCUT2D eigenvalue weighted by Crippen LogP contribution is 2.45. The Labute approximate surface area is 323 Å². The molecule has 7 aliphatic rings. The standard InChI is InChI=1S/C38H62N8O7S/c1-52-27-14-10-23(11-15-27)31-32(34-39-18-19-54-34)44-46(43-31)26-20-30-33(47)42-38(36(49)50)21-24(38)8-6-4-3-5-7-9-29(35(48)45(30)22-26)41-37(51)40-25-12-16-28(53-2)17-13-25/h6,8,23-32,34,39,43-44H,3-5,7,9-22H2,1-2H3,(H,42,47)(H,49,50)(H2,40,41,51)/b8-6-/t23?,24-,25?,26-,27?,28?,29+,30+,31?,32?,34?,38-/m1/s1. The van der Waals surface area contributed by atoms with Crippen LogP contribution in [0.25, 0.3) is 0 Å². The Morgan fingerprint density at radius 3 is 2.33 bits per heavy atom. The smallest absolute Gasteiger partial charge is 0.330 e. The van der Waals surface area contributed by atoms with E-state index in [9.17, 15) is 24.3 Å². The third kappa shape index (κ3) is 8.89. The molecule has 54 heavy (non-hydrogen) atoms. The molecule has 15 nitrogen and oxygen atoms in total. The highest BCUT2D eigenvalue weighted by molar-refractivity contribution is 8.00. The summed E-state index contributed by atoms with van der Waals surface area (Å²) < 4.78 is 11.2. The van der Waals surface area contributed by atoms with Crippen molar-refractivity contribution in [1.29, 1.82) is 0 Å².